The average Bonchev–Trinajstić information content (AvgIpc) is 2.28. The first-order valence-electron chi connectivity index (χ1n) is 5.30. The molecule has 1 aromatic heterocycles. The van der Waals surface area contributed by atoms with Crippen LogP contribution in [0.15, 0.2) is 29.2 Å². The minimum absolute atomic E-state index is 0.0574. The fourth-order valence-corrected chi connectivity index (χ4v) is 1.62. The molecule has 0 saturated heterocycles. The van der Waals surface area contributed by atoms with Crippen LogP contribution < -0.4 is 5.56 Å². The van der Waals surface area contributed by atoms with Gasteiger partial charge < -0.3 is 0 Å². The Kier molecular flexibility index (Phi) is 2.73. The fourth-order valence-electron chi connectivity index (χ4n) is 1.62. The van der Waals surface area contributed by atoms with E-state index in [2.05, 4.69) is 5.10 Å². The monoisotopic (exact) mass is 220 g/mol. The zero-order valence-corrected chi connectivity index (χ0v) is 9.27. The first-order chi connectivity index (χ1) is 7.63. The van der Waals surface area contributed by atoms with Gasteiger partial charge in [-0.3, -0.25) is 4.79 Å². The average molecular weight is 220 g/mol. The molecule has 0 N–H and O–H groups in total. The standard InChI is InChI=1S/C12H13FN2O/c1-3-8(2)15-12(16)11-5-4-10(13)6-9(11)7-14-15/h4-8H,3H2,1-2H3. The van der Waals surface area contributed by atoms with E-state index in [4.69, 9.17) is 0 Å². The van der Waals surface area contributed by atoms with Crippen molar-refractivity contribution in [2.45, 2.75) is 26.3 Å². The van der Waals surface area contributed by atoms with Crippen LogP contribution in [0.1, 0.15) is 26.3 Å². The lowest BCUT2D eigenvalue weighted by atomic mass is 10.2. The zero-order valence-electron chi connectivity index (χ0n) is 9.27. The van der Waals surface area contributed by atoms with Crippen LogP contribution in [0, 0.1) is 5.82 Å². The predicted octanol–water partition coefficient (Wildman–Crippen LogP) is 2.51. The summed E-state index contributed by atoms with van der Waals surface area (Å²) in [6.45, 7) is 3.93. The third kappa shape index (κ3) is 1.71. The summed E-state index contributed by atoms with van der Waals surface area (Å²) in [5.41, 5.74) is -0.160. The highest BCUT2D eigenvalue weighted by atomic mass is 19.1. The SMILES string of the molecule is CCC(C)n1ncc2cc(F)ccc2c1=O. The van der Waals surface area contributed by atoms with E-state index < -0.39 is 0 Å². The van der Waals surface area contributed by atoms with Gasteiger partial charge in [-0.25, -0.2) is 9.07 Å². The first-order valence-corrected chi connectivity index (χ1v) is 5.30. The van der Waals surface area contributed by atoms with Crippen LogP contribution in [-0.4, -0.2) is 9.78 Å². The second-order valence-electron chi connectivity index (χ2n) is 3.88. The zero-order chi connectivity index (χ0) is 11.7. The maximum absolute atomic E-state index is 13.0. The van der Waals surface area contributed by atoms with Gasteiger partial charge in [0.2, 0.25) is 0 Å². The van der Waals surface area contributed by atoms with Gasteiger partial charge >= 0.3 is 0 Å². The molecule has 0 aliphatic rings. The third-order valence-electron chi connectivity index (χ3n) is 2.78. The van der Waals surface area contributed by atoms with E-state index in [1.807, 2.05) is 13.8 Å². The minimum Gasteiger partial charge on any atom is -0.267 e. The Labute approximate surface area is 92.5 Å². The summed E-state index contributed by atoms with van der Waals surface area (Å²) < 4.78 is 14.4. The van der Waals surface area contributed by atoms with E-state index in [1.165, 1.54) is 29.1 Å². The van der Waals surface area contributed by atoms with Crippen molar-refractivity contribution < 1.29 is 4.39 Å². The second kappa shape index (κ2) is 4.04. The summed E-state index contributed by atoms with van der Waals surface area (Å²) in [6, 6.07) is 4.19. The highest BCUT2D eigenvalue weighted by Crippen LogP contribution is 2.12. The van der Waals surface area contributed by atoms with E-state index in [-0.39, 0.29) is 17.4 Å². The van der Waals surface area contributed by atoms with Gasteiger partial charge in [-0.1, -0.05) is 6.92 Å². The largest absolute Gasteiger partial charge is 0.274 e. The molecule has 0 spiro atoms. The minimum atomic E-state index is -0.352. The topological polar surface area (TPSA) is 34.9 Å². The Bertz CT molecular complexity index is 577. The van der Waals surface area contributed by atoms with Gasteiger partial charge in [-0.15, -0.1) is 0 Å². The van der Waals surface area contributed by atoms with Crippen LogP contribution in [0.3, 0.4) is 0 Å². The molecule has 0 bridgehead atoms. The van der Waals surface area contributed by atoms with Gasteiger partial charge in [0.25, 0.3) is 5.56 Å². The van der Waals surface area contributed by atoms with Crippen molar-refractivity contribution >= 4 is 10.8 Å². The number of aromatic nitrogens is 2. The molecule has 0 aliphatic heterocycles. The summed E-state index contributed by atoms with van der Waals surface area (Å²) in [5.74, 6) is -0.352. The molecule has 1 aromatic carbocycles. The van der Waals surface area contributed by atoms with E-state index in [0.717, 1.165) is 6.42 Å². The van der Waals surface area contributed by atoms with E-state index in [0.29, 0.717) is 10.8 Å². The fraction of sp³-hybridized carbons (Fsp3) is 0.333. The number of hydrogen-bond acceptors (Lipinski definition) is 2. The normalized spacial score (nSPS) is 12.9. The Hall–Kier alpha value is -1.71. The molecule has 0 aliphatic carbocycles. The second-order valence-corrected chi connectivity index (χ2v) is 3.88. The molecule has 0 amide bonds. The molecule has 2 rings (SSSR count). The number of halogens is 1. The highest BCUT2D eigenvalue weighted by molar-refractivity contribution is 5.80. The summed E-state index contributed by atoms with van der Waals surface area (Å²) in [7, 11) is 0. The van der Waals surface area contributed by atoms with Gasteiger partial charge in [0.1, 0.15) is 5.82 Å². The van der Waals surface area contributed by atoms with Crippen molar-refractivity contribution in [3.63, 3.8) is 0 Å². The van der Waals surface area contributed by atoms with Crippen LogP contribution in [-0.2, 0) is 0 Å². The maximum Gasteiger partial charge on any atom is 0.274 e. The third-order valence-corrected chi connectivity index (χ3v) is 2.78. The van der Waals surface area contributed by atoms with Crippen LogP contribution in [0.25, 0.3) is 10.8 Å². The molecule has 0 radical (unpaired) electrons. The lowest BCUT2D eigenvalue weighted by Crippen LogP contribution is -2.25. The number of hydrogen-bond donors (Lipinski definition) is 0. The molecular formula is C12H13FN2O. The van der Waals surface area contributed by atoms with Crippen molar-refractivity contribution in [3.8, 4) is 0 Å². The molecule has 3 nitrogen and oxygen atoms in total. The first kappa shape index (κ1) is 10.8. The van der Waals surface area contributed by atoms with E-state index >= 15 is 0 Å². The van der Waals surface area contributed by atoms with Crippen LogP contribution in [0.4, 0.5) is 4.39 Å². The van der Waals surface area contributed by atoms with Crippen LogP contribution in [0.2, 0.25) is 0 Å². The number of fused-ring (bicyclic) bond motifs is 1. The molecule has 16 heavy (non-hydrogen) atoms. The summed E-state index contributed by atoms with van der Waals surface area (Å²) in [5, 5.41) is 5.11. The van der Waals surface area contributed by atoms with Crippen molar-refractivity contribution in [2.75, 3.05) is 0 Å². The lowest BCUT2D eigenvalue weighted by molar-refractivity contribution is 0.458. The Balaban J connectivity index is 2.71. The Morgan fingerprint density at radius 2 is 2.25 bits per heavy atom. The lowest BCUT2D eigenvalue weighted by Gasteiger charge is -2.11. The highest BCUT2D eigenvalue weighted by Gasteiger charge is 2.08. The van der Waals surface area contributed by atoms with Gasteiger partial charge in [0.15, 0.2) is 0 Å². The molecule has 2 aromatic rings. The summed E-state index contributed by atoms with van der Waals surface area (Å²) in [4.78, 5) is 12.0. The van der Waals surface area contributed by atoms with Gasteiger partial charge in [-0.05, 0) is 31.5 Å². The maximum atomic E-state index is 13.0. The number of nitrogens with zero attached hydrogens (tertiary/aromatic N) is 2. The van der Waals surface area contributed by atoms with Crippen LogP contribution >= 0.6 is 0 Å². The van der Waals surface area contributed by atoms with Crippen molar-refractivity contribution in [2.24, 2.45) is 0 Å². The van der Waals surface area contributed by atoms with Crippen molar-refractivity contribution in [1.82, 2.24) is 9.78 Å². The summed E-state index contributed by atoms with van der Waals surface area (Å²) in [6.07, 6.45) is 2.37. The van der Waals surface area contributed by atoms with E-state index in [9.17, 15) is 9.18 Å². The van der Waals surface area contributed by atoms with Gasteiger partial charge in [0, 0.05) is 5.39 Å². The quantitative estimate of drug-likeness (QED) is 0.779. The number of rotatable bonds is 2. The molecule has 84 valence electrons. The molecule has 1 atom stereocenters. The molecule has 1 heterocycles. The molecule has 0 saturated carbocycles. The van der Waals surface area contributed by atoms with Gasteiger partial charge in [0.05, 0.1) is 17.6 Å². The molecule has 0 fully saturated rings. The number of benzene rings is 1. The molecular weight excluding hydrogens is 207 g/mol. The van der Waals surface area contributed by atoms with Gasteiger partial charge in [-0.2, -0.15) is 5.10 Å². The Morgan fingerprint density at radius 3 is 2.94 bits per heavy atom. The summed E-state index contributed by atoms with van der Waals surface area (Å²) >= 11 is 0. The molecule has 4 heteroatoms. The predicted molar refractivity (Wildman–Crippen MR) is 61.0 cm³/mol. The van der Waals surface area contributed by atoms with Crippen molar-refractivity contribution in [3.05, 3.63) is 40.6 Å². The molecule has 1 unspecified atom stereocenters. The van der Waals surface area contributed by atoms with E-state index in [1.54, 1.807) is 0 Å². The Morgan fingerprint density at radius 1 is 1.50 bits per heavy atom. The van der Waals surface area contributed by atoms with Crippen LogP contribution in [0.5, 0.6) is 0 Å². The smallest absolute Gasteiger partial charge is 0.267 e. The van der Waals surface area contributed by atoms with Crippen molar-refractivity contribution in [1.29, 1.82) is 0 Å².